The quantitative estimate of drug-likeness (QED) is 0.707. The van der Waals surface area contributed by atoms with Crippen molar-refractivity contribution < 1.29 is 4.39 Å². The van der Waals surface area contributed by atoms with Gasteiger partial charge in [-0.15, -0.1) is 12.4 Å². The highest BCUT2D eigenvalue weighted by Gasteiger charge is 2.26. The maximum atomic E-state index is 12.8. The van der Waals surface area contributed by atoms with Crippen LogP contribution < -0.4 is 16.6 Å². The lowest BCUT2D eigenvalue weighted by Gasteiger charge is -2.15. The normalized spacial score (nSPS) is 25.0. The Morgan fingerprint density at radius 1 is 1.47 bits per heavy atom. The number of hydrogen-bond donors (Lipinski definition) is 3. The summed E-state index contributed by atoms with van der Waals surface area (Å²) in [7, 11) is 0. The highest BCUT2D eigenvalue weighted by molar-refractivity contribution is 6.31. The number of hydrazine groups is 1. The van der Waals surface area contributed by atoms with Crippen LogP contribution >= 0.6 is 24.0 Å². The fraction of sp³-hybridized carbons (Fsp3) is 0.333. The zero-order valence-electron chi connectivity index (χ0n) is 7.84. The molecule has 4 N–H and O–H groups in total. The molecule has 1 aromatic rings. The summed E-state index contributed by atoms with van der Waals surface area (Å²) in [6.45, 7) is 0.701. The van der Waals surface area contributed by atoms with Crippen LogP contribution in [0.3, 0.4) is 0 Å². The molecule has 1 saturated heterocycles. The van der Waals surface area contributed by atoms with E-state index in [2.05, 4.69) is 10.9 Å². The second kappa shape index (κ2) is 5.09. The van der Waals surface area contributed by atoms with E-state index in [1.165, 1.54) is 12.1 Å². The molecule has 0 amide bonds. The number of benzene rings is 1. The second-order valence-electron chi connectivity index (χ2n) is 3.32. The molecule has 1 aromatic carbocycles. The van der Waals surface area contributed by atoms with Gasteiger partial charge in [-0.2, -0.15) is 0 Å². The van der Waals surface area contributed by atoms with Crippen LogP contribution in [0, 0.1) is 5.82 Å². The van der Waals surface area contributed by atoms with Crippen molar-refractivity contribution in [1.82, 2.24) is 10.9 Å². The predicted octanol–water partition coefficient (Wildman–Crippen LogP) is 1.38. The zero-order valence-corrected chi connectivity index (χ0v) is 9.41. The van der Waals surface area contributed by atoms with Crippen molar-refractivity contribution in [2.75, 3.05) is 6.54 Å². The molecule has 0 aromatic heterocycles. The molecule has 0 radical (unpaired) electrons. The third-order valence-corrected chi connectivity index (χ3v) is 2.71. The molecule has 0 spiro atoms. The Morgan fingerprint density at radius 3 is 2.73 bits per heavy atom. The standard InChI is InChI=1S/C9H11ClFN3.ClH/c10-8-3-5(11)1-2-6(8)7-4-13-14-9(7)12;/h1-3,7,9,13-14H,4,12H2;1H. The summed E-state index contributed by atoms with van der Waals surface area (Å²) >= 11 is 5.92. The Hall–Kier alpha value is -0.390. The van der Waals surface area contributed by atoms with Crippen LogP contribution in [-0.2, 0) is 0 Å². The van der Waals surface area contributed by atoms with Crippen molar-refractivity contribution in [3.8, 4) is 0 Å². The molecule has 3 nitrogen and oxygen atoms in total. The highest BCUT2D eigenvalue weighted by Crippen LogP contribution is 2.27. The van der Waals surface area contributed by atoms with Gasteiger partial charge in [0.15, 0.2) is 0 Å². The zero-order chi connectivity index (χ0) is 10.1. The lowest BCUT2D eigenvalue weighted by atomic mass is 9.98. The highest BCUT2D eigenvalue weighted by atomic mass is 35.5. The molecule has 0 aliphatic carbocycles. The van der Waals surface area contributed by atoms with Gasteiger partial charge in [-0.25, -0.2) is 9.82 Å². The number of nitrogens with one attached hydrogen (secondary N) is 2. The molecule has 1 aliphatic rings. The summed E-state index contributed by atoms with van der Waals surface area (Å²) in [5.41, 5.74) is 12.5. The van der Waals surface area contributed by atoms with E-state index in [1.807, 2.05) is 0 Å². The monoisotopic (exact) mass is 251 g/mol. The summed E-state index contributed by atoms with van der Waals surface area (Å²) in [5.74, 6) is -0.241. The Kier molecular flexibility index (Phi) is 4.31. The first-order valence-electron chi connectivity index (χ1n) is 4.37. The van der Waals surface area contributed by atoms with Crippen LogP contribution in [0.1, 0.15) is 11.5 Å². The minimum Gasteiger partial charge on any atom is -0.314 e. The van der Waals surface area contributed by atoms with Crippen LogP contribution in [0.15, 0.2) is 18.2 Å². The van der Waals surface area contributed by atoms with Crippen molar-refractivity contribution >= 4 is 24.0 Å². The van der Waals surface area contributed by atoms with E-state index in [-0.39, 0.29) is 30.3 Å². The molecule has 0 bridgehead atoms. The maximum Gasteiger partial charge on any atom is 0.124 e. The molecule has 15 heavy (non-hydrogen) atoms. The van der Waals surface area contributed by atoms with Gasteiger partial charge >= 0.3 is 0 Å². The van der Waals surface area contributed by atoms with Crippen molar-refractivity contribution in [3.63, 3.8) is 0 Å². The van der Waals surface area contributed by atoms with Crippen LogP contribution in [0.25, 0.3) is 0 Å². The first-order valence-corrected chi connectivity index (χ1v) is 4.75. The predicted molar refractivity (Wildman–Crippen MR) is 60.5 cm³/mol. The lowest BCUT2D eigenvalue weighted by molar-refractivity contribution is 0.546. The third-order valence-electron chi connectivity index (χ3n) is 2.39. The molecule has 1 fully saturated rings. The maximum absolute atomic E-state index is 12.8. The van der Waals surface area contributed by atoms with Gasteiger partial charge in [0.05, 0.1) is 6.17 Å². The van der Waals surface area contributed by atoms with E-state index in [0.717, 1.165) is 5.56 Å². The average Bonchev–Trinajstić information content (AvgIpc) is 2.52. The summed E-state index contributed by atoms with van der Waals surface area (Å²) < 4.78 is 12.8. The molecular weight excluding hydrogens is 240 g/mol. The Bertz CT molecular complexity index is 348. The minimum atomic E-state index is -0.328. The van der Waals surface area contributed by atoms with Gasteiger partial charge < -0.3 is 5.73 Å². The van der Waals surface area contributed by atoms with Crippen molar-refractivity contribution in [1.29, 1.82) is 0 Å². The van der Waals surface area contributed by atoms with Gasteiger partial charge in [-0.3, -0.25) is 5.43 Å². The molecule has 1 aliphatic heterocycles. The Labute approximate surface area is 98.6 Å². The summed E-state index contributed by atoms with van der Waals surface area (Å²) in [6, 6.07) is 4.38. The van der Waals surface area contributed by atoms with Gasteiger partial charge in [0, 0.05) is 17.5 Å². The van der Waals surface area contributed by atoms with E-state index in [4.69, 9.17) is 17.3 Å². The third kappa shape index (κ3) is 2.59. The average molecular weight is 252 g/mol. The number of halogens is 3. The Balaban J connectivity index is 0.00000112. The van der Waals surface area contributed by atoms with Crippen LogP contribution in [0.2, 0.25) is 5.02 Å². The molecule has 6 heteroatoms. The van der Waals surface area contributed by atoms with Crippen molar-refractivity contribution in [2.24, 2.45) is 5.73 Å². The topological polar surface area (TPSA) is 50.1 Å². The van der Waals surface area contributed by atoms with E-state index in [0.29, 0.717) is 11.6 Å². The first kappa shape index (κ1) is 12.7. The number of nitrogens with two attached hydrogens (primary N) is 1. The van der Waals surface area contributed by atoms with E-state index in [9.17, 15) is 4.39 Å². The fourth-order valence-electron chi connectivity index (χ4n) is 1.62. The molecule has 84 valence electrons. The van der Waals surface area contributed by atoms with Gasteiger partial charge in [-0.05, 0) is 17.7 Å². The second-order valence-corrected chi connectivity index (χ2v) is 3.73. The van der Waals surface area contributed by atoms with Gasteiger partial charge in [0.25, 0.3) is 0 Å². The smallest absolute Gasteiger partial charge is 0.124 e. The van der Waals surface area contributed by atoms with Crippen LogP contribution in [0.4, 0.5) is 4.39 Å². The van der Waals surface area contributed by atoms with Crippen molar-refractivity contribution in [2.45, 2.75) is 12.1 Å². The van der Waals surface area contributed by atoms with E-state index < -0.39 is 0 Å². The molecule has 1 heterocycles. The Morgan fingerprint density at radius 2 is 2.20 bits per heavy atom. The largest absolute Gasteiger partial charge is 0.314 e. The van der Waals surface area contributed by atoms with Gasteiger partial charge in [-0.1, -0.05) is 17.7 Å². The van der Waals surface area contributed by atoms with E-state index >= 15 is 0 Å². The molecule has 2 atom stereocenters. The van der Waals surface area contributed by atoms with Gasteiger partial charge in [0.2, 0.25) is 0 Å². The molecular formula is C9H12Cl2FN3. The number of rotatable bonds is 1. The van der Waals surface area contributed by atoms with Gasteiger partial charge in [0.1, 0.15) is 5.82 Å². The lowest BCUT2D eigenvalue weighted by Crippen LogP contribution is -2.38. The van der Waals surface area contributed by atoms with Crippen LogP contribution in [-0.4, -0.2) is 12.7 Å². The van der Waals surface area contributed by atoms with Crippen molar-refractivity contribution in [3.05, 3.63) is 34.6 Å². The molecule has 2 rings (SSSR count). The SMILES string of the molecule is Cl.NC1NNCC1c1ccc(F)cc1Cl. The summed E-state index contributed by atoms with van der Waals surface area (Å²) in [4.78, 5) is 0. The molecule has 2 unspecified atom stereocenters. The summed E-state index contributed by atoms with van der Waals surface area (Å²) in [5, 5.41) is 0.427. The van der Waals surface area contributed by atoms with E-state index in [1.54, 1.807) is 6.07 Å². The minimum absolute atomic E-state index is 0. The molecule has 0 saturated carbocycles. The van der Waals surface area contributed by atoms with Crippen LogP contribution in [0.5, 0.6) is 0 Å². The summed E-state index contributed by atoms with van der Waals surface area (Å²) in [6.07, 6.45) is -0.182. The fourth-order valence-corrected chi connectivity index (χ4v) is 1.93. The first-order chi connectivity index (χ1) is 6.68. The number of hydrogen-bond acceptors (Lipinski definition) is 3.